The number of amides is 1. The standard InChI is InChI=1S/C21H24N2O2/c1-25-18-10-8-17(9-11-18)21(16-6-7-16)22-20(24)14-23-13-12-15-4-2-3-5-19(15)23/h2-5,8-11,16,21H,6-7,12-14H2,1H3,(H,22,24)/t21-/m0/s1. The van der Waals surface area contributed by atoms with Crippen LogP contribution in [0.3, 0.4) is 0 Å². The number of hydrogen-bond donors (Lipinski definition) is 1. The first-order valence-corrected chi connectivity index (χ1v) is 9.01. The highest BCUT2D eigenvalue weighted by atomic mass is 16.5. The van der Waals surface area contributed by atoms with Crippen LogP contribution in [-0.2, 0) is 11.2 Å². The largest absolute Gasteiger partial charge is 0.497 e. The van der Waals surface area contributed by atoms with Gasteiger partial charge in [0, 0.05) is 12.2 Å². The number of methoxy groups -OCH3 is 1. The molecule has 1 N–H and O–H groups in total. The van der Waals surface area contributed by atoms with Crippen molar-refractivity contribution in [3.63, 3.8) is 0 Å². The summed E-state index contributed by atoms with van der Waals surface area (Å²) in [6.07, 6.45) is 3.39. The fourth-order valence-electron chi connectivity index (χ4n) is 3.68. The number of hydrogen-bond acceptors (Lipinski definition) is 3. The zero-order valence-corrected chi connectivity index (χ0v) is 14.6. The van der Waals surface area contributed by atoms with Crippen molar-refractivity contribution >= 4 is 11.6 Å². The Hall–Kier alpha value is -2.49. The first-order chi connectivity index (χ1) is 12.2. The van der Waals surface area contributed by atoms with E-state index in [0.29, 0.717) is 12.5 Å². The molecule has 1 fully saturated rings. The molecule has 0 bridgehead atoms. The van der Waals surface area contributed by atoms with Crippen LogP contribution in [0.4, 0.5) is 5.69 Å². The van der Waals surface area contributed by atoms with Gasteiger partial charge in [-0.1, -0.05) is 30.3 Å². The van der Waals surface area contributed by atoms with E-state index in [0.717, 1.165) is 18.7 Å². The topological polar surface area (TPSA) is 41.6 Å². The van der Waals surface area contributed by atoms with Gasteiger partial charge in [-0.25, -0.2) is 0 Å². The number of carbonyl (C=O) groups excluding carboxylic acids is 1. The van der Waals surface area contributed by atoms with Gasteiger partial charge < -0.3 is 15.0 Å². The highest BCUT2D eigenvalue weighted by Crippen LogP contribution is 2.41. The molecule has 2 aliphatic rings. The Morgan fingerprint density at radius 3 is 2.68 bits per heavy atom. The second-order valence-electron chi connectivity index (χ2n) is 6.96. The van der Waals surface area contributed by atoms with E-state index in [1.807, 2.05) is 18.2 Å². The number of ether oxygens (including phenoxy) is 1. The minimum Gasteiger partial charge on any atom is -0.497 e. The van der Waals surface area contributed by atoms with Crippen molar-refractivity contribution in [2.75, 3.05) is 25.1 Å². The second-order valence-corrected chi connectivity index (χ2v) is 6.96. The fourth-order valence-corrected chi connectivity index (χ4v) is 3.68. The summed E-state index contributed by atoms with van der Waals surface area (Å²) in [5, 5.41) is 3.27. The van der Waals surface area contributed by atoms with Gasteiger partial charge in [0.05, 0.1) is 19.7 Å². The molecule has 1 amide bonds. The highest BCUT2D eigenvalue weighted by Gasteiger charge is 2.34. The summed E-state index contributed by atoms with van der Waals surface area (Å²) in [5.41, 5.74) is 3.70. The molecule has 0 unspecified atom stereocenters. The van der Waals surface area contributed by atoms with Crippen molar-refractivity contribution in [3.05, 3.63) is 59.7 Å². The molecule has 1 aliphatic heterocycles. The van der Waals surface area contributed by atoms with Crippen LogP contribution in [-0.4, -0.2) is 26.1 Å². The van der Waals surface area contributed by atoms with Crippen molar-refractivity contribution in [2.24, 2.45) is 5.92 Å². The fraction of sp³-hybridized carbons (Fsp3) is 0.381. The molecule has 1 atom stereocenters. The maximum atomic E-state index is 12.7. The van der Waals surface area contributed by atoms with E-state index in [9.17, 15) is 4.79 Å². The third kappa shape index (κ3) is 3.48. The van der Waals surface area contributed by atoms with Crippen molar-refractivity contribution in [1.82, 2.24) is 5.32 Å². The molecule has 0 spiro atoms. The van der Waals surface area contributed by atoms with E-state index in [-0.39, 0.29) is 11.9 Å². The number of anilines is 1. The molecule has 0 saturated heterocycles. The van der Waals surface area contributed by atoms with Gasteiger partial charge in [-0.3, -0.25) is 4.79 Å². The molecule has 2 aromatic carbocycles. The summed E-state index contributed by atoms with van der Waals surface area (Å²) in [4.78, 5) is 14.9. The third-order valence-electron chi connectivity index (χ3n) is 5.20. The Kier molecular flexibility index (Phi) is 4.35. The molecular formula is C21H24N2O2. The van der Waals surface area contributed by atoms with Crippen LogP contribution in [0.1, 0.15) is 30.0 Å². The van der Waals surface area contributed by atoms with E-state index >= 15 is 0 Å². The van der Waals surface area contributed by atoms with E-state index in [1.165, 1.54) is 29.7 Å². The number of nitrogens with zero attached hydrogens (tertiary/aromatic N) is 1. The van der Waals surface area contributed by atoms with Crippen molar-refractivity contribution in [2.45, 2.75) is 25.3 Å². The molecule has 130 valence electrons. The second kappa shape index (κ2) is 6.79. The lowest BCUT2D eigenvalue weighted by atomic mass is 10.0. The molecule has 0 radical (unpaired) electrons. The van der Waals surface area contributed by atoms with Gasteiger partial charge in [0.15, 0.2) is 0 Å². The lowest BCUT2D eigenvalue weighted by Gasteiger charge is -2.23. The van der Waals surface area contributed by atoms with Gasteiger partial charge in [0.25, 0.3) is 0 Å². The van der Waals surface area contributed by atoms with E-state index in [1.54, 1.807) is 7.11 Å². The quantitative estimate of drug-likeness (QED) is 0.880. The summed E-state index contributed by atoms with van der Waals surface area (Å²) in [5.74, 6) is 1.51. The van der Waals surface area contributed by atoms with Gasteiger partial charge in [-0.15, -0.1) is 0 Å². The van der Waals surface area contributed by atoms with E-state index in [4.69, 9.17) is 4.74 Å². The number of fused-ring (bicyclic) bond motifs is 1. The zero-order valence-electron chi connectivity index (χ0n) is 14.6. The first kappa shape index (κ1) is 16.0. The predicted molar refractivity (Wildman–Crippen MR) is 99.0 cm³/mol. The molecule has 0 aromatic heterocycles. The van der Waals surface area contributed by atoms with Crippen LogP contribution in [0, 0.1) is 5.92 Å². The van der Waals surface area contributed by atoms with Gasteiger partial charge >= 0.3 is 0 Å². The van der Waals surface area contributed by atoms with Gasteiger partial charge in [0.1, 0.15) is 5.75 Å². The lowest BCUT2D eigenvalue weighted by molar-refractivity contribution is -0.120. The van der Waals surface area contributed by atoms with Crippen LogP contribution >= 0.6 is 0 Å². The number of benzene rings is 2. The molecule has 4 nitrogen and oxygen atoms in total. The molecule has 1 saturated carbocycles. The SMILES string of the molecule is COc1ccc([C@@H](NC(=O)CN2CCc3ccccc32)C2CC2)cc1. The average Bonchev–Trinajstić information content (AvgIpc) is 3.42. The zero-order chi connectivity index (χ0) is 17.2. The smallest absolute Gasteiger partial charge is 0.240 e. The normalized spacial score (nSPS) is 17.1. The molecule has 4 heteroatoms. The number of rotatable bonds is 6. The van der Waals surface area contributed by atoms with Crippen LogP contribution in [0.2, 0.25) is 0 Å². The summed E-state index contributed by atoms with van der Waals surface area (Å²) in [6, 6.07) is 16.5. The van der Waals surface area contributed by atoms with Gasteiger partial charge in [0.2, 0.25) is 5.91 Å². The van der Waals surface area contributed by atoms with Gasteiger partial charge in [-0.05, 0) is 54.5 Å². The monoisotopic (exact) mass is 336 g/mol. The molecule has 1 aliphatic carbocycles. The molecule has 2 aromatic rings. The van der Waals surface area contributed by atoms with Gasteiger partial charge in [-0.2, -0.15) is 0 Å². The molecular weight excluding hydrogens is 312 g/mol. The number of para-hydroxylation sites is 1. The molecule has 25 heavy (non-hydrogen) atoms. The third-order valence-corrected chi connectivity index (χ3v) is 5.20. The average molecular weight is 336 g/mol. The summed E-state index contributed by atoms with van der Waals surface area (Å²) < 4.78 is 5.23. The van der Waals surface area contributed by atoms with Crippen molar-refractivity contribution < 1.29 is 9.53 Å². The number of nitrogens with one attached hydrogen (secondary N) is 1. The van der Waals surface area contributed by atoms with Crippen LogP contribution in [0.5, 0.6) is 5.75 Å². The van der Waals surface area contributed by atoms with Crippen LogP contribution in [0.15, 0.2) is 48.5 Å². The lowest BCUT2D eigenvalue weighted by Crippen LogP contribution is -2.39. The van der Waals surface area contributed by atoms with Crippen molar-refractivity contribution in [1.29, 1.82) is 0 Å². The minimum atomic E-state index is 0.101. The van der Waals surface area contributed by atoms with E-state index in [2.05, 4.69) is 40.5 Å². The first-order valence-electron chi connectivity index (χ1n) is 9.01. The Morgan fingerprint density at radius 1 is 1.20 bits per heavy atom. The summed E-state index contributed by atoms with van der Waals surface area (Å²) in [6.45, 7) is 1.35. The number of carbonyl (C=O) groups is 1. The Bertz CT molecular complexity index is 753. The Morgan fingerprint density at radius 2 is 1.96 bits per heavy atom. The summed E-state index contributed by atoms with van der Waals surface area (Å²) in [7, 11) is 1.67. The van der Waals surface area contributed by atoms with Crippen molar-refractivity contribution in [3.8, 4) is 5.75 Å². The molecule has 1 heterocycles. The molecule has 4 rings (SSSR count). The Balaban J connectivity index is 1.43. The van der Waals surface area contributed by atoms with Crippen LogP contribution in [0.25, 0.3) is 0 Å². The maximum Gasteiger partial charge on any atom is 0.240 e. The Labute approximate surface area is 148 Å². The minimum absolute atomic E-state index is 0.101. The summed E-state index contributed by atoms with van der Waals surface area (Å²) >= 11 is 0. The highest BCUT2D eigenvalue weighted by molar-refractivity contribution is 5.82. The maximum absolute atomic E-state index is 12.7. The predicted octanol–water partition coefficient (Wildman–Crippen LogP) is 3.33. The van der Waals surface area contributed by atoms with E-state index < -0.39 is 0 Å². The van der Waals surface area contributed by atoms with Crippen LogP contribution < -0.4 is 15.0 Å².